The molecule has 1 aromatic rings. The fraction of sp³-hybridized carbons (Fsp3) is 0.647. The van der Waals surface area contributed by atoms with E-state index in [1.807, 2.05) is 24.3 Å². The van der Waals surface area contributed by atoms with E-state index in [0.29, 0.717) is 19.1 Å². The summed E-state index contributed by atoms with van der Waals surface area (Å²) in [4.78, 5) is 0. The number of ether oxygens (including phenoxy) is 1. The van der Waals surface area contributed by atoms with Crippen molar-refractivity contribution in [2.24, 2.45) is 17.1 Å². The quantitative estimate of drug-likeness (QED) is 0.870. The number of aliphatic hydroxyl groups excluding tert-OH is 1. The average molecular weight is 277 g/mol. The van der Waals surface area contributed by atoms with Gasteiger partial charge in [-0.15, -0.1) is 0 Å². The summed E-state index contributed by atoms with van der Waals surface area (Å²) >= 11 is 0. The number of benzene rings is 1. The molecule has 3 unspecified atom stereocenters. The molecule has 0 heterocycles. The molecule has 112 valence electrons. The second-order valence-corrected chi connectivity index (χ2v) is 6.35. The van der Waals surface area contributed by atoms with Crippen LogP contribution >= 0.6 is 0 Å². The van der Waals surface area contributed by atoms with Crippen LogP contribution in [0, 0.1) is 11.3 Å². The first-order valence-electron chi connectivity index (χ1n) is 7.57. The SMILES string of the molecule is COCc1cccc(C(O)C2(CN)CCCC(C)C2)c1. The lowest BCUT2D eigenvalue weighted by atomic mass is 9.65. The molecule has 0 radical (unpaired) electrons. The van der Waals surface area contributed by atoms with Gasteiger partial charge in [0.1, 0.15) is 0 Å². The summed E-state index contributed by atoms with van der Waals surface area (Å²) in [7, 11) is 1.69. The molecule has 1 fully saturated rings. The number of methoxy groups -OCH3 is 1. The summed E-state index contributed by atoms with van der Waals surface area (Å²) in [6.07, 6.45) is 3.96. The maximum Gasteiger partial charge on any atom is 0.0858 e. The van der Waals surface area contributed by atoms with Gasteiger partial charge in [-0.2, -0.15) is 0 Å². The topological polar surface area (TPSA) is 55.5 Å². The fourth-order valence-electron chi connectivity index (χ4n) is 3.62. The standard InChI is InChI=1S/C17H27NO2/c1-13-5-4-8-17(10-13,12-18)16(19)15-7-3-6-14(9-15)11-20-2/h3,6-7,9,13,16,19H,4-5,8,10-12,18H2,1-2H3. The van der Waals surface area contributed by atoms with E-state index >= 15 is 0 Å². The smallest absolute Gasteiger partial charge is 0.0858 e. The Kier molecular flexibility index (Phi) is 5.19. The normalized spacial score (nSPS) is 28.3. The van der Waals surface area contributed by atoms with E-state index in [1.165, 1.54) is 6.42 Å². The Balaban J connectivity index is 2.23. The molecule has 0 saturated heterocycles. The number of hydrogen-bond donors (Lipinski definition) is 2. The van der Waals surface area contributed by atoms with Gasteiger partial charge in [-0.25, -0.2) is 0 Å². The van der Waals surface area contributed by atoms with E-state index in [9.17, 15) is 5.11 Å². The Morgan fingerprint density at radius 2 is 2.30 bits per heavy atom. The molecule has 0 amide bonds. The van der Waals surface area contributed by atoms with Gasteiger partial charge >= 0.3 is 0 Å². The van der Waals surface area contributed by atoms with E-state index in [0.717, 1.165) is 30.4 Å². The number of rotatable bonds is 5. The van der Waals surface area contributed by atoms with Gasteiger partial charge in [0, 0.05) is 19.1 Å². The van der Waals surface area contributed by atoms with Crippen molar-refractivity contribution in [2.45, 2.75) is 45.3 Å². The molecule has 3 N–H and O–H groups in total. The van der Waals surface area contributed by atoms with Crippen molar-refractivity contribution < 1.29 is 9.84 Å². The molecular weight excluding hydrogens is 250 g/mol. The third kappa shape index (κ3) is 3.22. The zero-order chi connectivity index (χ0) is 14.6. The first-order chi connectivity index (χ1) is 9.61. The van der Waals surface area contributed by atoms with Gasteiger partial charge in [0.25, 0.3) is 0 Å². The van der Waals surface area contributed by atoms with Gasteiger partial charge < -0.3 is 15.6 Å². The molecule has 3 atom stereocenters. The van der Waals surface area contributed by atoms with Crippen LogP contribution < -0.4 is 5.73 Å². The highest BCUT2D eigenvalue weighted by atomic mass is 16.5. The highest BCUT2D eigenvalue weighted by Crippen LogP contribution is 2.47. The molecule has 0 spiro atoms. The summed E-state index contributed by atoms with van der Waals surface area (Å²) in [5.41, 5.74) is 7.96. The Bertz CT molecular complexity index is 435. The van der Waals surface area contributed by atoms with Crippen molar-refractivity contribution in [1.29, 1.82) is 0 Å². The first kappa shape index (κ1) is 15.5. The van der Waals surface area contributed by atoms with Crippen LogP contribution in [-0.4, -0.2) is 18.8 Å². The van der Waals surface area contributed by atoms with Crippen LogP contribution in [0.5, 0.6) is 0 Å². The minimum atomic E-state index is -0.480. The van der Waals surface area contributed by atoms with Crippen LogP contribution in [0.3, 0.4) is 0 Å². The van der Waals surface area contributed by atoms with E-state index in [-0.39, 0.29) is 5.41 Å². The Morgan fingerprint density at radius 1 is 1.50 bits per heavy atom. The lowest BCUT2D eigenvalue weighted by molar-refractivity contribution is -0.0131. The molecule has 0 aromatic heterocycles. The average Bonchev–Trinajstić information content (AvgIpc) is 2.47. The maximum absolute atomic E-state index is 10.9. The molecule has 1 aliphatic rings. The molecule has 1 aromatic carbocycles. The van der Waals surface area contributed by atoms with Crippen molar-refractivity contribution in [1.82, 2.24) is 0 Å². The van der Waals surface area contributed by atoms with Gasteiger partial charge in [0.15, 0.2) is 0 Å². The van der Waals surface area contributed by atoms with E-state index in [1.54, 1.807) is 7.11 Å². The van der Waals surface area contributed by atoms with Crippen LogP contribution in [0.25, 0.3) is 0 Å². The minimum Gasteiger partial charge on any atom is -0.388 e. The third-order valence-corrected chi connectivity index (χ3v) is 4.69. The van der Waals surface area contributed by atoms with E-state index < -0.39 is 6.10 Å². The van der Waals surface area contributed by atoms with E-state index in [4.69, 9.17) is 10.5 Å². The Hall–Kier alpha value is -0.900. The van der Waals surface area contributed by atoms with Crippen molar-refractivity contribution in [3.8, 4) is 0 Å². The molecule has 1 aliphatic carbocycles. The predicted octanol–water partition coefficient (Wildman–Crippen LogP) is 3.02. The third-order valence-electron chi connectivity index (χ3n) is 4.69. The zero-order valence-corrected chi connectivity index (χ0v) is 12.6. The number of aliphatic hydroxyl groups is 1. The second-order valence-electron chi connectivity index (χ2n) is 6.35. The van der Waals surface area contributed by atoms with Crippen LogP contribution in [0.15, 0.2) is 24.3 Å². The van der Waals surface area contributed by atoms with Gasteiger partial charge in [-0.1, -0.05) is 44.0 Å². The summed E-state index contributed by atoms with van der Waals surface area (Å²) in [6.45, 7) is 3.39. The van der Waals surface area contributed by atoms with Crippen molar-refractivity contribution in [3.05, 3.63) is 35.4 Å². The minimum absolute atomic E-state index is 0.163. The lowest BCUT2D eigenvalue weighted by Crippen LogP contribution is -2.40. The van der Waals surface area contributed by atoms with Gasteiger partial charge in [0.2, 0.25) is 0 Å². The molecular formula is C17H27NO2. The molecule has 2 rings (SSSR count). The van der Waals surface area contributed by atoms with Crippen LogP contribution in [-0.2, 0) is 11.3 Å². The van der Waals surface area contributed by atoms with Crippen LogP contribution in [0.4, 0.5) is 0 Å². The number of nitrogens with two attached hydrogens (primary N) is 1. The molecule has 3 nitrogen and oxygen atoms in total. The summed E-state index contributed by atoms with van der Waals surface area (Å²) < 4.78 is 5.17. The highest BCUT2D eigenvalue weighted by Gasteiger charge is 2.40. The van der Waals surface area contributed by atoms with Crippen LogP contribution in [0.2, 0.25) is 0 Å². The molecule has 0 bridgehead atoms. The fourth-order valence-corrected chi connectivity index (χ4v) is 3.62. The van der Waals surface area contributed by atoms with Gasteiger partial charge in [0.05, 0.1) is 12.7 Å². The van der Waals surface area contributed by atoms with Crippen molar-refractivity contribution in [3.63, 3.8) is 0 Å². The summed E-state index contributed by atoms with van der Waals surface area (Å²) in [5.74, 6) is 0.643. The predicted molar refractivity (Wildman–Crippen MR) is 81.2 cm³/mol. The lowest BCUT2D eigenvalue weighted by Gasteiger charge is -2.43. The maximum atomic E-state index is 10.9. The van der Waals surface area contributed by atoms with Gasteiger partial charge in [-0.3, -0.25) is 0 Å². The Labute approximate surface area is 122 Å². The highest BCUT2D eigenvalue weighted by molar-refractivity contribution is 5.26. The zero-order valence-electron chi connectivity index (χ0n) is 12.6. The second kappa shape index (κ2) is 6.70. The van der Waals surface area contributed by atoms with Gasteiger partial charge in [-0.05, 0) is 29.9 Å². The molecule has 20 heavy (non-hydrogen) atoms. The first-order valence-corrected chi connectivity index (χ1v) is 7.57. The molecule has 3 heteroatoms. The largest absolute Gasteiger partial charge is 0.388 e. The Morgan fingerprint density at radius 3 is 2.95 bits per heavy atom. The van der Waals surface area contributed by atoms with Crippen molar-refractivity contribution >= 4 is 0 Å². The van der Waals surface area contributed by atoms with E-state index in [2.05, 4.69) is 6.92 Å². The number of hydrogen-bond acceptors (Lipinski definition) is 3. The molecule has 1 saturated carbocycles. The summed E-state index contributed by atoms with van der Waals surface area (Å²) in [6, 6.07) is 8.06. The van der Waals surface area contributed by atoms with Crippen molar-refractivity contribution in [2.75, 3.05) is 13.7 Å². The van der Waals surface area contributed by atoms with Crippen LogP contribution in [0.1, 0.15) is 49.8 Å². The molecule has 0 aliphatic heterocycles. The summed E-state index contributed by atoms with van der Waals surface area (Å²) in [5, 5.41) is 10.9. The monoisotopic (exact) mass is 277 g/mol.